The van der Waals surface area contributed by atoms with Gasteiger partial charge in [0.15, 0.2) is 5.11 Å². The first-order valence-electron chi connectivity index (χ1n) is 8.03. The van der Waals surface area contributed by atoms with Gasteiger partial charge in [-0.05, 0) is 18.1 Å². The van der Waals surface area contributed by atoms with Gasteiger partial charge in [0.05, 0.1) is 6.21 Å². The minimum atomic E-state index is 0.456. The summed E-state index contributed by atoms with van der Waals surface area (Å²) in [5, 5.41) is 13.3. The molecule has 0 bridgehead atoms. The molecule has 0 saturated heterocycles. The Labute approximate surface area is 156 Å². The zero-order valence-corrected chi connectivity index (χ0v) is 16.0. The van der Waals surface area contributed by atoms with E-state index in [4.69, 9.17) is 22.3 Å². The number of aromatic nitrogens is 3. The van der Waals surface area contributed by atoms with Crippen molar-refractivity contribution in [2.75, 3.05) is 7.05 Å². The van der Waals surface area contributed by atoms with Crippen LogP contribution < -0.4 is 10.7 Å². The molecule has 3 rings (SSSR count). The summed E-state index contributed by atoms with van der Waals surface area (Å²) < 4.78 is 1.86. The van der Waals surface area contributed by atoms with E-state index in [9.17, 15) is 0 Å². The molecule has 2 aromatic heterocycles. The minimum Gasteiger partial charge on any atom is -0.364 e. The molecule has 0 aliphatic heterocycles. The van der Waals surface area contributed by atoms with Gasteiger partial charge in [0, 0.05) is 19.0 Å². The van der Waals surface area contributed by atoms with E-state index >= 15 is 0 Å². The van der Waals surface area contributed by atoms with Crippen molar-refractivity contribution in [3.05, 3.63) is 41.0 Å². The number of fused-ring (bicyclic) bond motifs is 1. The SMILES string of the molecule is CNC(=S)N/N=C/c1c(-c2ccccc2)nc2sc(CC(C)C)nn12. The Bertz CT molecular complexity index is 895. The molecule has 0 saturated carbocycles. The van der Waals surface area contributed by atoms with Gasteiger partial charge in [-0.15, -0.1) is 0 Å². The summed E-state index contributed by atoms with van der Waals surface area (Å²) in [7, 11) is 1.75. The maximum absolute atomic E-state index is 5.05. The predicted octanol–water partition coefficient (Wildman–Crippen LogP) is 3.08. The molecule has 0 atom stereocenters. The van der Waals surface area contributed by atoms with Crippen molar-refractivity contribution in [3.63, 3.8) is 0 Å². The summed E-state index contributed by atoms with van der Waals surface area (Å²) in [5.74, 6) is 0.552. The van der Waals surface area contributed by atoms with E-state index in [1.54, 1.807) is 24.6 Å². The number of nitrogens with zero attached hydrogens (tertiary/aromatic N) is 4. The van der Waals surface area contributed by atoms with Gasteiger partial charge < -0.3 is 5.32 Å². The molecule has 0 radical (unpaired) electrons. The van der Waals surface area contributed by atoms with E-state index in [0.29, 0.717) is 11.0 Å². The summed E-state index contributed by atoms with van der Waals surface area (Å²) >= 11 is 6.67. The van der Waals surface area contributed by atoms with Gasteiger partial charge in [-0.25, -0.2) is 9.50 Å². The number of hydrazone groups is 1. The molecule has 0 spiro atoms. The van der Waals surface area contributed by atoms with Gasteiger partial charge in [0.1, 0.15) is 16.4 Å². The lowest BCUT2D eigenvalue weighted by molar-refractivity contribution is 0.636. The van der Waals surface area contributed by atoms with Crippen LogP contribution in [0.15, 0.2) is 35.4 Å². The molecule has 3 aromatic rings. The van der Waals surface area contributed by atoms with Gasteiger partial charge in [-0.2, -0.15) is 10.2 Å². The molecular formula is C17H20N6S2. The predicted molar refractivity (Wildman–Crippen MR) is 107 cm³/mol. The average Bonchev–Trinajstić information content (AvgIpc) is 3.13. The van der Waals surface area contributed by atoms with E-state index in [-0.39, 0.29) is 0 Å². The zero-order chi connectivity index (χ0) is 17.8. The van der Waals surface area contributed by atoms with Gasteiger partial charge in [-0.3, -0.25) is 5.43 Å². The van der Waals surface area contributed by atoms with Crippen molar-refractivity contribution in [3.8, 4) is 11.3 Å². The number of hydrogen-bond acceptors (Lipinski definition) is 5. The lowest BCUT2D eigenvalue weighted by Crippen LogP contribution is -2.28. The molecule has 8 heteroatoms. The molecule has 0 amide bonds. The van der Waals surface area contributed by atoms with Crippen LogP contribution in [0.3, 0.4) is 0 Å². The third-order valence-corrected chi connectivity index (χ3v) is 4.72. The second-order valence-electron chi connectivity index (χ2n) is 5.95. The third kappa shape index (κ3) is 4.02. The number of thiocarbonyl (C=S) groups is 1. The van der Waals surface area contributed by atoms with Crippen molar-refractivity contribution < 1.29 is 0 Å². The number of hydrogen-bond donors (Lipinski definition) is 2. The minimum absolute atomic E-state index is 0.456. The summed E-state index contributed by atoms with van der Waals surface area (Å²) in [5.41, 5.74) is 5.50. The van der Waals surface area contributed by atoms with Crippen LogP contribution in [0.4, 0.5) is 0 Å². The van der Waals surface area contributed by atoms with Gasteiger partial charge in [0.2, 0.25) is 4.96 Å². The molecule has 6 nitrogen and oxygen atoms in total. The molecule has 0 aliphatic carbocycles. The Morgan fingerprint density at radius 1 is 1.36 bits per heavy atom. The Morgan fingerprint density at radius 2 is 2.12 bits per heavy atom. The summed E-state index contributed by atoms with van der Waals surface area (Å²) in [4.78, 5) is 5.65. The standard InChI is InChI=1S/C17H20N6S2/c1-11(2)9-14-22-23-13(10-19-21-16(24)18-3)15(20-17(23)25-14)12-7-5-4-6-8-12/h4-8,10-11H,9H2,1-3H3,(H2,18,21,24)/b19-10+. The number of rotatable bonds is 5. The Kier molecular flexibility index (Phi) is 5.40. The van der Waals surface area contributed by atoms with E-state index in [1.807, 2.05) is 34.8 Å². The fraction of sp³-hybridized carbons (Fsp3) is 0.294. The van der Waals surface area contributed by atoms with Crippen molar-refractivity contribution in [2.24, 2.45) is 11.0 Å². The van der Waals surface area contributed by atoms with Gasteiger partial charge in [0.25, 0.3) is 0 Å². The Morgan fingerprint density at radius 3 is 2.80 bits per heavy atom. The fourth-order valence-electron chi connectivity index (χ4n) is 2.37. The van der Waals surface area contributed by atoms with Crippen LogP contribution in [0.5, 0.6) is 0 Å². The monoisotopic (exact) mass is 372 g/mol. The molecule has 1 aromatic carbocycles. The van der Waals surface area contributed by atoms with Crippen LogP contribution in [-0.4, -0.2) is 33.0 Å². The summed E-state index contributed by atoms with van der Waals surface area (Å²) in [6, 6.07) is 10.0. The highest BCUT2D eigenvalue weighted by Gasteiger charge is 2.17. The van der Waals surface area contributed by atoms with Crippen LogP contribution in [0.25, 0.3) is 16.2 Å². The smallest absolute Gasteiger partial charge is 0.213 e. The molecule has 25 heavy (non-hydrogen) atoms. The lowest BCUT2D eigenvalue weighted by atomic mass is 10.1. The Balaban J connectivity index is 2.04. The summed E-state index contributed by atoms with van der Waals surface area (Å²) in [6.45, 7) is 4.37. The number of imidazole rings is 1. The number of benzene rings is 1. The first kappa shape index (κ1) is 17.5. The topological polar surface area (TPSA) is 66.6 Å². The molecule has 0 fully saturated rings. The average molecular weight is 373 g/mol. The van der Waals surface area contributed by atoms with Crippen LogP contribution in [-0.2, 0) is 6.42 Å². The van der Waals surface area contributed by atoms with Crippen molar-refractivity contribution in [2.45, 2.75) is 20.3 Å². The number of nitrogens with one attached hydrogen (secondary N) is 2. The first-order valence-corrected chi connectivity index (χ1v) is 9.25. The van der Waals surface area contributed by atoms with Crippen LogP contribution in [0.2, 0.25) is 0 Å². The van der Waals surface area contributed by atoms with E-state index in [2.05, 4.69) is 29.7 Å². The normalized spacial score (nSPS) is 11.5. The van der Waals surface area contributed by atoms with Crippen LogP contribution in [0, 0.1) is 5.92 Å². The Hall–Kier alpha value is -2.32. The largest absolute Gasteiger partial charge is 0.364 e. The highest BCUT2D eigenvalue weighted by atomic mass is 32.1. The lowest BCUT2D eigenvalue weighted by Gasteiger charge is -2.02. The molecule has 130 valence electrons. The van der Waals surface area contributed by atoms with Gasteiger partial charge >= 0.3 is 0 Å². The van der Waals surface area contributed by atoms with E-state index < -0.39 is 0 Å². The highest BCUT2D eigenvalue weighted by molar-refractivity contribution is 7.80. The first-order chi connectivity index (χ1) is 12.1. The van der Waals surface area contributed by atoms with E-state index in [1.165, 1.54) is 0 Å². The van der Waals surface area contributed by atoms with Gasteiger partial charge in [-0.1, -0.05) is 55.5 Å². The fourth-order valence-corrected chi connectivity index (χ4v) is 3.53. The molecule has 0 aliphatic rings. The summed E-state index contributed by atoms with van der Waals surface area (Å²) in [6.07, 6.45) is 2.65. The zero-order valence-electron chi connectivity index (χ0n) is 14.4. The molecule has 2 N–H and O–H groups in total. The van der Waals surface area contributed by atoms with Crippen molar-refractivity contribution in [1.82, 2.24) is 25.3 Å². The molecular weight excluding hydrogens is 352 g/mol. The second kappa shape index (κ2) is 7.71. The third-order valence-electron chi connectivity index (χ3n) is 3.49. The van der Waals surface area contributed by atoms with E-state index in [0.717, 1.165) is 33.3 Å². The van der Waals surface area contributed by atoms with Crippen molar-refractivity contribution >= 4 is 39.8 Å². The van der Waals surface area contributed by atoms with Crippen LogP contribution >= 0.6 is 23.6 Å². The molecule has 2 heterocycles. The highest BCUT2D eigenvalue weighted by Crippen LogP contribution is 2.26. The maximum Gasteiger partial charge on any atom is 0.213 e. The second-order valence-corrected chi connectivity index (χ2v) is 7.40. The molecule has 0 unspecified atom stereocenters. The maximum atomic E-state index is 5.05. The van der Waals surface area contributed by atoms with Crippen LogP contribution in [0.1, 0.15) is 24.5 Å². The quantitative estimate of drug-likeness (QED) is 0.409. The van der Waals surface area contributed by atoms with Crippen molar-refractivity contribution in [1.29, 1.82) is 0 Å².